The number of rotatable bonds is 20. The van der Waals surface area contributed by atoms with Gasteiger partial charge in [-0.3, -0.25) is 9.78 Å². The summed E-state index contributed by atoms with van der Waals surface area (Å²) in [5.41, 5.74) is 0.923. The lowest BCUT2D eigenvalue weighted by Crippen LogP contribution is -2.41. The van der Waals surface area contributed by atoms with E-state index in [1.54, 1.807) is 6.20 Å². The average Bonchev–Trinajstić information content (AvgIpc) is 2.89. The summed E-state index contributed by atoms with van der Waals surface area (Å²) in [7, 11) is 0. The molecule has 0 radical (unpaired) electrons. The Balaban J connectivity index is 1.61. The van der Waals surface area contributed by atoms with Crippen molar-refractivity contribution in [2.24, 2.45) is 0 Å². The van der Waals surface area contributed by atoms with Gasteiger partial charge in [-0.05, 0) is 44.7 Å². The van der Waals surface area contributed by atoms with E-state index < -0.39 is 6.10 Å². The van der Waals surface area contributed by atoms with E-state index in [0.717, 1.165) is 44.5 Å². The molecule has 5 heteroatoms. The third-order valence-corrected chi connectivity index (χ3v) is 7.01. The summed E-state index contributed by atoms with van der Waals surface area (Å²) in [6.07, 6.45) is 22.8. The predicted octanol–water partition coefficient (Wildman–Crippen LogP) is 7.82. The molecule has 35 heavy (non-hydrogen) atoms. The molecule has 1 unspecified atom stereocenters. The Morgan fingerprint density at radius 1 is 0.971 bits per heavy atom. The normalized spacial score (nSPS) is 16.8. The maximum absolute atomic E-state index is 13.2. The molecule has 0 spiro atoms. The van der Waals surface area contributed by atoms with Crippen LogP contribution in [0.1, 0.15) is 129 Å². The molecule has 1 saturated heterocycles. The van der Waals surface area contributed by atoms with Crippen molar-refractivity contribution in [3.05, 3.63) is 30.1 Å². The molecule has 5 nitrogen and oxygen atoms in total. The molecular weight excluding hydrogens is 436 g/mol. The number of hydrogen-bond donors (Lipinski definition) is 0. The lowest BCUT2D eigenvalue weighted by atomic mass is 10.0. The number of carbonyl (C=O) groups excluding carboxylic acids is 1. The van der Waals surface area contributed by atoms with Crippen molar-refractivity contribution in [3.8, 4) is 0 Å². The molecule has 0 bridgehead atoms. The van der Waals surface area contributed by atoms with Gasteiger partial charge in [0.1, 0.15) is 6.10 Å². The van der Waals surface area contributed by atoms with Crippen molar-refractivity contribution in [3.63, 3.8) is 0 Å². The molecule has 1 aromatic heterocycles. The van der Waals surface area contributed by atoms with E-state index in [4.69, 9.17) is 9.47 Å². The van der Waals surface area contributed by atoms with Crippen molar-refractivity contribution in [1.29, 1.82) is 0 Å². The van der Waals surface area contributed by atoms with Crippen LogP contribution < -0.4 is 0 Å². The Hall–Kier alpha value is -1.46. The average molecular weight is 489 g/mol. The first kappa shape index (κ1) is 29.8. The van der Waals surface area contributed by atoms with Crippen LogP contribution in [0.25, 0.3) is 0 Å². The summed E-state index contributed by atoms with van der Waals surface area (Å²) in [6, 6.07) is 5.88. The SMILES string of the molecule is CCCCCCCCCCCCCCCCN(Cc1ccccn1)C(=O)[C@@H](C)OC1CCCCO1. The number of unbranched alkanes of at least 4 members (excludes halogenated alkanes) is 13. The maximum Gasteiger partial charge on any atom is 0.251 e. The highest BCUT2D eigenvalue weighted by atomic mass is 16.7. The predicted molar refractivity (Wildman–Crippen MR) is 144 cm³/mol. The van der Waals surface area contributed by atoms with Gasteiger partial charge in [0, 0.05) is 19.3 Å². The Kier molecular flexibility index (Phi) is 16.8. The molecular formula is C30H52N2O3. The molecule has 200 valence electrons. The summed E-state index contributed by atoms with van der Waals surface area (Å²) >= 11 is 0. The van der Waals surface area contributed by atoms with Crippen LogP contribution in [-0.2, 0) is 20.8 Å². The van der Waals surface area contributed by atoms with Crippen molar-refractivity contribution >= 4 is 5.91 Å². The zero-order valence-electron chi connectivity index (χ0n) is 22.7. The van der Waals surface area contributed by atoms with Crippen LogP contribution in [0.15, 0.2) is 24.4 Å². The van der Waals surface area contributed by atoms with Gasteiger partial charge < -0.3 is 14.4 Å². The first-order chi connectivity index (χ1) is 17.2. The highest BCUT2D eigenvalue weighted by molar-refractivity contribution is 5.80. The summed E-state index contributed by atoms with van der Waals surface area (Å²) < 4.78 is 11.6. The fraction of sp³-hybridized carbons (Fsp3) is 0.800. The highest BCUT2D eigenvalue weighted by Gasteiger charge is 2.26. The molecule has 0 N–H and O–H groups in total. The van der Waals surface area contributed by atoms with Gasteiger partial charge in [-0.25, -0.2) is 0 Å². The maximum atomic E-state index is 13.2. The molecule has 0 saturated carbocycles. The van der Waals surface area contributed by atoms with E-state index in [1.165, 1.54) is 83.5 Å². The zero-order valence-corrected chi connectivity index (χ0v) is 22.7. The second kappa shape index (κ2) is 19.7. The Morgan fingerprint density at radius 2 is 1.60 bits per heavy atom. The Labute approximate surface area is 215 Å². The van der Waals surface area contributed by atoms with Crippen molar-refractivity contribution in [2.45, 2.75) is 142 Å². The molecule has 1 aliphatic rings. The van der Waals surface area contributed by atoms with Crippen LogP contribution in [0.4, 0.5) is 0 Å². The lowest BCUT2D eigenvalue weighted by molar-refractivity contribution is -0.194. The Morgan fingerprint density at radius 3 is 2.14 bits per heavy atom. The van der Waals surface area contributed by atoms with Crippen LogP contribution in [0.3, 0.4) is 0 Å². The minimum Gasteiger partial charge on any atom is -0.353 e. The van der Waals surface area contributed by atoms with Gasteiger partial charge in [0.2, 0.25) is 0 Å². The van der Waals surface area contributed by atoms with E-state index in [0.29, 0.717) is 6.54 Å². The van der Waals surface area contributed by atoms with Crippen LogP contribution in [-0.4, -0.2) is 41.3 Å². The second-order valence-corrected chi connectivity index (χ2v) is 10.3. The summed E-state index contributed by atoms with van der Waals surface area (Å²) in [5, 5.41) is 0. The molecule has 1 amide bonds. The molecule has 1 aliphatic heterocycles. The quantitative estimate of drug-likeness (QED) is 0.176. The number of carbonyl (C=O) groups is 1. The van der Waals surface area contributed by atoms with Gasteiger partial charge in [0.15, 0.2) is 6.29 Å². The number of ether oxygens (including phenoxy) is 2. The van der Waals surface area contributed by atoms with Gasteiger partial charge >= 0.3 is 0 Å². The number of nitrogens with zero attached hydrogens (tertiary/aromatic N) is 2. The molecule has 1 fully saturated rings. The third-order valence-electron chi connectivity index (χ3n) is 7.01. The molecule has 2 heterocycles. The number of aromatic nitrogens is 1. The van der Waals surface area contributed by atoms with Crippen LogP contribution in [0, 0.1) is 0 Å². The first-order valence-electron chi connectivity index (χ1n) is 14.7. The fourth-order valence-electron chi connectivity index (χ4n) is 4.81. The largest absolute Gasteiger partial charge is 0.353 e. The van der Waals surface area contributed by atoms with Gasteiger partial charge in [0.05, 0.1) is 12.2 Å². The third kappa shape index (κ3) is 14.0. The molecule has 1 aromatic rings. The van der Waals surface area contributed by atoms with Gasteiger partial charge in [-0.15, -0.1) is 0 Å². The van der Waals surface area contributed by atoms with Crippen LogP contribution in [0.5, 0.6) is 0 Å². The topological polar surface area (TPSA) is 51.7 Å². The number of hydrogen-bond acceptors (Lipinski definition) is 4. The van der Waals surface area contributed by atoms with Gasteiger partial charge in [-0.2, -0.15) is 0 Å². The van der Waals surface area contributed by atoms with E-state index >= 15 is 0 Å². The van der Waals surface area contributed by atoms with Crippen molar-refractivity contribution < 1.29 is 14.3 Å². The minimum absolute atomic E-state index is 0.0412. The summed E-state index contributed by atoms with van der Waals surface area (Å²) in [4.78, 5) is 19.6. The first-order valence-corrected chi connectivity index (χ1v) is 14.7. The minimum atomic E-state index is -0.492. The highest BCUT2D eigenvalue weighted by Crippen LogP contribution is 2.18. The van der Waals surface area contributed by atoms with E-state index in [1.807, 2.05) is 30.0 Å². The number of pyridine rings is 1. The van der Waals surface area contributed by atoms with Crippen molar-refractivity contribution in [2.75, 3.05) is 13.2 Å². The molecule has 0 aromatic carbocycles. The van der Waals surface area contributed by atoms with E-state index in [2.05, 4.69) is 11.9 Å². The number of amides is 1. The molecule has 2 rings (SSSR count). The summed E-state index contributed by atoms with van der Waals surface area (Å²) in [5.74, 6) is 0.0412. The fourth-order valence-corrected chi connectivity index (χ4v) is 4.81. The van der Waals surface area contributed by atoms with E-state index in [-0.39, 0.29) is 12.2 Å². The van der Waals surface area contributed by atoms with Gasteiger partial charge in [-0.1, -0.05) is 96.5 Å². The monoisotopic (exact) mass is 488 g/mol. The molecule has 2 atom stereocenters. The second-order valence-electron chi connectivity index (χ2n) is 10.3. The van der Waals surface area contributed by atoms with Crippen molar-refractivity contribution in [1.82, 2.24) is 9.88 Å². The molecule has 0 aliphatic carbocycles. The zero-order chi connectivity index (χ0) is 25.0. The Bertz CT molecular complexity index is 634. The lowest BCUT2D eigenvalue weighted by Gasteiger charge is -2.29. The van der Waals surface area contributed by atoms with Crippen LogP contribution in [0.2, 0.25) is 0 Å². The standard InChI is InChI=1S/C30H52N2O3/c1-3-4-5-6-7-8-9-10-11-12-13-14-15-19-24-32(26-28-21-16-18-23-31-28)30(33)27(2)35-29-22-17-20-25-34-29/h16,18,21,23,27,29H,3-15,17,19-20,22,24-26H2,1-2H3/t27-,29?/m1/s1. The van der Waals surface area contributed by atoms with Crippen LogP contribution >= 0.6 is 0 Å². The van der Waals surface area contributed by atoms with Gasteiger partial charge in [0.25, 0.3) is 5.91 Å². The van der Waals surface area contributed by atoms with E-state index in [9.17, 15) is 4.79 Å². The summed E-state index contributed by atoms with van der Waals surface area (Å²) in [6.45, 7) is 6.16. The smallest absolute Gasteiger partial charge is 0.251 e.